The van der Waals surface area contributed by atoms with Crippen molar-refractivity contribution in [3.05, 3.63) is 29.8 Å². The van der Waals surface area contributed by atoms with Crippen LogP contribution in [-0.2, 0) is 9.59 Å². The average Bonchev–Trinajstić information content (AvgIpc) is 2.82. The van der Waals surface area contributed by atoms with Crippen LogP contribution < -0.4 is 10.7 Å². The fourth-order valence-electron chi connectivity index (χ4n) is 4.27. The Morgan fingerprint density at radius 3 is 2.09 bits per heavy atom. The average molecular weight is 442 g/mol. The third-order valence-electron chi connectivity index (χ3n) is 6.40. The second kappa shape index (κ2) is 15.6. The van der Waals surface area contributed by atoms with Gasteiger partial charge in [0.15, 0.2) is 0 Å². The summed E-state index contributed by atoms with van der Waals surface area (Å²) in [7, 11) is 0. The number of hydrogen-bond acceptors (Lipinski definition) is 3. The number of unbranched alkanes of at least 4 members (excludes halogenated alkanes) is 8. The van der Waals surface area contributed by atoms with Crippen LogP contribution in [0.3, 0.4) is 0 Å². The van der Waals surface area contributed by atoms with Gasteiger partial charge in [-0.1, -0.05) is 89.7 Å². The number of anilines is 1. The largest absolute Gasteiger partial charge is 0.326 e. The molecule has 0 saturated heterocycles. The first kappa shape index (κ1) is 26.1. The fourth-order valence-corrected chi connectivity index (χ4v) is 4.27. The summed E-state index contributed by atoms with van der Waals surface area (Å²) >= 11 is 0. The lowest BCUT2D eigenvalue weighted by Gasteiger charge is -2.20. The van der Waals surface area contributed by atoms with Gasteiger partial charge >= 0.3 is 0 Å². The Morgan fingerprint density at radius 1 is 0.875 bits per heavy atom. The van der Waals surface area contributed by atoms with E-state index in [0.717, 1.165) is 55.5 Å². The monoisotopic (exact) mass is 441 g/mol. The molecule has 1 aliphatic carbocycles. The number of nitrogens with one attached hydrogen (secondary N) is 2. The summed E-state index contributed by atoms with van der Waals surface area (Å²) in [4.78, 5) is 24.4. The Kier molecular flexibility index (Phi) is 12.7. The van der Waals surface area contributed by atoms with Crippen LogP contribution in [0, 0.1) is 5.92 Å². The van der Waals surface area contributed by atoms with E-state index in [0.29, 0.717) is 6.42 Å². The molecule has 0 atom stereocenters. The fraction of sp³-hybridized carbons (Fsp3) is 0.667. The quantitative estimate of drug-likeness (QED) is 0.186. The van der Waals surface area contributed by atoms with Crippen LogP contribution >= 0.6 is 0 Å². The normalized spacial score (nSPS) is 14.9. The lowest BCUT2D eigenvalue weighted by Crippen LogP contribution is -2.24. The molecule has 5 heteroatoms. The topological polar surface area (TPSA) is 70.6 Å². The molecule has 178 valence electrons. The summed E-state index contributed by atoms with van der Waals surface area (Å²) in [5, 5.41) is 7.27. The Labute approximate surface area is 194 Å². The van der Waals surface area contributed by atoms with Crippen molar-refractivity contribution in [2.24, 2.45) is 11.0 Å². The lowest BCUT2D eigenvalue weighted by atomic mass is 9.88. The number of hydrogen-bond donors (Lipinski definition) is 2. The van der Waals surface area contributed by atoms with E-state index >= 15 is 0 Å². The lowest BCUT2D eigenvalue weighted by molar-refractivity contribution is -0.121. The van der Waals surface area contributed by atoms with Gasteiger partial charge in [-0.15, -0.1) is 0 Å². The highest BCUT2D eigenvalue weighted by molar-refractivity contribution is 6.00. The first-order valence-corrected chi connectivity index (χ1v) is 12.8. The van der Waals surface area contributed by atoms with Gasteiger partial charge in [0.05, 0.1) is 5.71 Å². The third kappa shape index (κ3) is 10.4. The maximum Gasteiger partial charge on any atom is 0.240 e. The Morgan fingerprint density at radius 2 is 1.47 bits per heavy atom. The van der Waals surface area contributed by atoms with Crippen LogP contribution in [0.5, 0.6) is 0 Å². The van der Waals surface area contributed by atoms with Gasteiger partial charge in [-0.3, -0.25) is 9.59 Å². The maximum atomic E-state index is 12.4. The molecule has 1 saturated carbocycles. The third-order valence-corrected chi connectivity index (χ3v) is 6.40. The van der Waals surface area contributed by atoms with Crippen molar-refractivity contribution < 1.29 is 9.59 Å². The number of nitrogens with zero attached hydrogens (tertiary/aromatic N) is 1. The zero-order valence-corrected chi connectivity index (χ0v) is 20.3. The van der Waals surface area contributed by atoms with Crippen molar-refractivity contribution in [3.63, 3.8) is 0 Å². The predicted octanol–water partition coefficient (Wildman–Crippen LogP) is 6.97. The van der Waals surface area contributed by atoms with Gasteiger partial charge in [0.25, 0.3) is 0 Å². The molecule has 2 amide bonds. The van der Waals surface area contributed by atoms with Crippen LogP contribution in [0.2, 0.25) is 0 Å². The highest BCUT2D eigenvalue weighted by Gasteiger charge is 2.20. The molecule has 1 aromatic carbocycles. The highest BCUT2D eigenvalue weighted by atomic mass is 16.2. The second-order valence-corrected chi connectivity index (χ2v) is 9.21. The summed E-state index contributed by atoms with van der Waals surface area (Å²) in [5.74, 6) is 0.253. The van der Waals surface area contributed by atoms with Gasteiger partial charge in [0, 0.05) is 18.0 Å². The molecule has 0 heterocycles. The minimum Gasteiger partial charge on any atom is -0.326 e. The number of amides is 2. The number of carbonyl (C=O) groups is 2. The summed E-state index contributed by atoms with van der Waals surface area (Å²) in [6, 6.07) is 7.67. The van der Waals surface area contributed by atoms with Gasteiger partial charge in [-0.25, -0.2) is 5.43 Å². The minimum atomic E-state index is -0.0244. The van der Waals surface area contributed by atoms with Crippen LogP contribution in [0.4, 0.5) is 5.69 Å². The molecular formula is C27H43N3O2. The molecule has 1 fully saturated rings. The van der Waals surface area contributed by atoms with E-state index in [-0.39, 0.29) is 17.7 Å². The molecule has 1 aliphatic rings. The summed E-state index contributed by atoms with van der Waals surface area (Å²) in [6.45, 7) is 4.13. The summed E-state index contributed by atoms with van der Waals surface area (Å²) < 4.78 is 0. The zero-order valence-electron chi connectivity index (χ0n) is 20.3. The SMILES string of the molecule is CCCCCCCCCCCC(=O)N/N=C(/C)c1ccc(NC(=O)C2CCCCC2)cc1. The molecule has 2 rings (SSSR count). The van der Waals surface area contributed by atoms with Crippen LogP contribution in [0.25, 0.3) is 0 Å². The second-order valence-electron chi connectivity index (χ2n) is 9.21. The van der Waals surface area contributed by atoms with Crippen molar-refractivity contribution in [2.45, 2.75) is 110 Å². The molecule has 0 aliphatic heterocycles. The minimum absolute atomic E-state index is 0.0244. The highest BCUT2D eigenvalue weighted by Crippen LogP contribution is 2.25. The number of benzene rings is 1. The smallest absolute Gasteiger partial charge is 0.240 e. The van der Waals surface area contributed by atoms with Gasteiger partial charge in [0.1, 0.15) is 0 Å². The van der Waals surface area contributed by atoms with Gasteiger partial charge < -0.3 is 5.32 Å². The van der Waals surface area contributed by atoms with E-state index < -0.39 is 0 Å². The van der Waals surface area contributed by atoms with Crippen LogP contribution in [0.1, 0.15) is 116 Å². The zero-order chi connectivity index (χ0) is 23.0. The molecular weight excluding hydrogens is 398 g/mol. The predicted molar refractivity (Wildman–Crippen MR) is 134 cm³/mol. The number of rotatable bonds is 14. The van der Waals surface area contributed by atoms with Crippen LogP contribution in [-0.4, -0.2) is 17.5 Å². The molecule has 32 heavy (non-hydrogen) atoms. The van der Waals surface area contributed by atoms with Crippen molar-refractivity contribution in [3.8, 4) is 0 Å². The van der Waals surface area contributed by atoms with E-state index in [1.54, 1.807) is 0 Å². The summed E-state index contributed by atoms with van der Waals surface area (Å²) in [5.41, 5.74) is 5.18. The molecule has 1 aromatic rings. The van der Waals surface area contributed by atoms with E-state index in [4.69, 9.17) is 0 Å². The standard InChI is InChI=1S/C27H43N3O2/c1-3-4-5-6-7-8-9-10-14-17-26(31)30-29-22(2)23-18-20-25(21-19-23)28-27(32)24-15-12-11-13-16-24/h18-21,24H,3-17H2,1-2H3,(H,28,32)(H,30,31)/b29-22-. The van der Waals surface area contributed by atoms with Gasteiger partial charge in [-0.2, -0.15) is 5.10 Å². The molecule has 2 N–H and O–H groups in total. The van der Waals surface area contributed by atoms with E-state index in [9.17, 15) is 9.59 Å². The number of carbonyl (C=O) groups excluding carboxylic acids is 2. The van der Waals surface area contributed by atoms with E-state index in [1.807, 2.05) is 31.2 Å². The molecule has 0 radical (unpaired) electrons. The molecule has 5 nitrogen and oxygen atoms in total. The van der Waals surface area contributed by atoms with Gasteiger partial charge in [-0.05, 0) is 43.9 Å². The van der Waals surface area contributed by atoms with Crippen molar-refractivity contribution in [1.82, 2.24) is 5.43 Å². The molecule has 0 spiro atoms. The van der Waals surface area contributed by atoms with E-state index in [1.165, 1.54) is 51.4 Å². The Hall–Kier alpha value is -2.17. The first-order valence-electron chi connectivity index (χ1n) is 12.8. The van der Waals surface area contributed by atoms with E-state index in [2.05, 4.69) is 22.8 Å². The molecule has 0 bridgehead atoms. The number of hydrazone groups is 1. The van der Waals surface area contributed by atoms with Crippen molar-refractivity contribution in [1.29, 1.82) is 0 Å². The van der Waals surface area contributed by atoms with Crippen molar-refractivity contribution in [2.75, 3.05) is 5.32 Å². The Bertz CT molecular complexity index is 706. The maximum absolute atomic E-state index is 12.4. The molecule has 0 unspecified atom stereocenters. The Balaban J connectivity index is 1.63. The van der Waals surface area contributed by atoms with Crippen LogP contribution in [0.15, 0.2) is 29.4 Å². The van der Waals surface area contributed by atoms with Crippen molar-refractivity contribution >= 4 is 23.2 Å². The van der Waals surface area contributed by atoms with Gasteiger partial charge in [0.2, 0.25) is 11.8 Å². The summed E-state index contributed by atoms with van der Waals surface area (Å²) in [6.07, 6.45) is 17.2. The first-order chi connectivity index (χ1) is 15.6. The molecule has 0 aromatic heterocycles.